The Labute approximate surface area is 126 Å². The van der Waals surface area contributed by atoms with E-state index in [4.69, 9.17) is 5.11 Å². The summed E-state index contributed by atoms with van der Waals surface area (Å²) in [6.45, 7) is 4.97. The highest BCUT2D eigenvalue weighted by Crippen LogP contribution is 2.29. The van der Waals surface area contributed by atoms with Crippen LogP contribution in [0.15, 0.2) is 0 Å². The molecule has 120 valence electrons. The van der Waals surface area contributed by atoms with Crippen molar-refractivity contribution < 1.29 is 14.7 Å². The molecule has 2 atom stereocenters. The molecule has 1 heterocycles. The van der Waals surface area contributed by atoms with Gasteiger partial charge in [0.05, 0.1) is 5.92 Å². The lowest BCUT2D eigenvalue weighted by Crippen LogP contribution is -2.49. The van der Waals surface area contributed by atoms with E-state index < -0.39 is 11.9 Å². The number of urea groups is 1. The standard InChI is InChI=1S/C15H27N3O3/c1-15(6-8-18(2)9-7-15)10-16-14(21)17-12-5-3-4-11(12)13(19)20/h11-12H,3-10H2,1-2H3,(H,19,20)(H2,16,17,21). The number of hydrogen-bond donors (Lipinski definition) is 3. The Morgan fingerprint density at radius 2 is 1.95 bits per heavy atom. The van der Waals surface area contributed by atoms with Gasteiger partial charge in [0.15, 0.2) is 0 Å². The van der Waals surface area contributed by atoms with Gasteiger partial charge in [0.25, 0.3) is 0 Å². The van der Waals surface area contributed by atoms with Gasteiger partial charge in [0, 0.05) is 12.6 Å². The summed E-state index contributed by atoms with van der Waals surface area (Å²) in [7, 11) is 2.12. The third-order valence-corrected chi connectivity index (χ3v) is 5.02. The summed E-state index contributed by atoms with van der Waals surface area (Å²) in [5.41, 5.74) is 0.145. The first-order valence-corrected chi connectivity index (χ1v) is 7.85. The lowest BCUT2D eigenvalue weighted by molar-refractivity contribution is -0.142. The zero-order valence-corrected chi connectivity index (χ0v) is 13.0. The number of carboxylic acids is 1. The molecule has 1 aliphatic heterocycles. The zero-order chi connectivity index (χ0) is 15.5. The lowest BCUT2D eigenvalue weighted by Gasteiger charge is -2.38. The third kappa shape index (κ3) is 4.33. The van der Waals surface area contributed by atoms with E-state index in [9.17, 15) is 9.59 Å². The van der Waals surface area contributed by atoms with E-state index in [-0.39, 0.29) is 17.5 Å². The van der Waals surface area contributed by atoms with Crippen molar-refractivity contribution in [3.05, 3.63) is 0 Å². The fourth-order valence-corrected chi connectivity index (χ4v) is 3.28. The number of carboxylic acid groups (broad SMARTS) is 1. The van der Waals surface area contributed by atoms with E-state index in [0.717, 1.165) is 38.8 Å². The average Bonchev–Trinajstić information content (AvgIpc) is 2.89. The van der Waals surface area contributed by atoms with Gasteiger partial charge in [0.2, 0.25) is 0 Å². The van der Waals surface area contributed by atoms with E-state index >= 15 is 0 Å². The number of piperidine rings is 1. The van der Waals surface area contributed by atoms with Crippen LogP contribution in [-0.2, 0) is 4.79 Å². The van der Waals surface area contributed by atoms with Crippen LogP contribution >= 0.6 is 0 Å². The number of aliphatic carboxylic acids is 1. The van der Waals surface area contributed by atoms with Crippen molar-refractivity contribution in [2.24, 2.45) is 11.3 Å². The second-order valence-corrected chi connectivity index (χ2v) is 6.92. The molecule has 2 fully saturated rings. The first-order valence-electron chi connectivity index (χ1n) is 7.85. The Hall–Kier alpha value is -1.30. The van der Waals surface area contributed by atoms with Crippen LogP contribution in [0.5, 0.6) is 0 Å². The maximum Gasteiger partial charge on any atom is 0.315 e. The molecule has 2 aliphatic rings. The van der Waals surface area contributed by atoms with Gasteiger partial charge in [-0.25, -0.2) is 4.79 Å². The normalized spacial score (nSPS) is 29.0. The van der Waals surface area contributed by atoms with Gasteiger partial charge in [0.1, 0.15) is 0 Å². The fraction of sp³-hybridized carbons (Fsp3) is 0.867. The Morgan fingerprint density at radius 1 is 1.29 bits per heavy atom. The van der Waals surface area contributed by atoms with Gasteiger partial charge >= 0.3 is 12.0 Å². The first-order chi connectivity index (χ1) is 9.89. The van der Waals surface area contributed by atoms with E-state index in [1.807, 2.05) is 0 Å². The number of rotatable bonds is 4. The maximum absolute atomic E-state index is 12.0. The molecule has 2 amide bonds. The van der Waals surface area contributed by atoms with Crippen molar-refractivity contribution in [2.75, 3.05) is 26.7 Å². The van der Waals surface area contributed by atoms with Crippen LogP contribution in [0.25, 0.3) is 0 Å². The third-order valence-electron chi connectivity index (χ3n) is 5.02. The van der Waals surface area contributed by atoms with Crippen LogP contribution in [0.3, 0.4) is 0 Å². The Balaban J connectivity index is 1.76. The van der Waals surface area contributed by atoms with Crippen molar-refractivity contribution in [3.8, 4) is 0 Å². The summed E-state index contributed by atoms with van der Waals surface area (Å²) in [5.74, 6) is -1.24. The van der Waals surface area contributed by atoms with Gasteiger partial charge < -0.3 is 20.6 Å². The number of hydrogen-bond acceptors (Lipinski definition) is 3. The van der Waals surface area contributed by atoms with Gasteiger partial charge in [-0.3, -0.25) is 4.79 Å². The molecule has 0 aromatic heterocycles. The Bertz CT molecular complexity index is 392. The number of carbonyl (C=O) groups excluding carboxylic acids is 1. The van der Waals surface area contributed by atoms with Crippen LogP contribution < -0.4 is 10.6 Å². The van der Waals surface area contributed by atoms with Gasteiger partial charge in [-0.05, 0) is 51.2 Å². The van der Waals surface area contributed by atoms with Crippen molar-refractivity contribution >= 4 is 12.0 Å². The minimum absolute atomic E-state index is 0.145. The van der Waals surface area contributed by atoms with E-state index in [1.54, 1.807) is 0 Å². The molecule has 2 unspecified atom stereocenters. The molecule has 0 aromatic rings. The minimum Gasteiger partial charge on any atom is -0.481 e. The van der Waals surface area contributed by atoms with Crippen LogP contribution in [0.4, 0.5) is 4.79 Å². The molecule has 2 rings (SSSR count). The van der Waals surface area contributed by atoms with Crippen LogP contribution in [0.1, 0.15) is 39.0 Å². The highest BCUT2D eigenvalue weighted by Gasteiger charge is 2.34. The van der Waals surface area contributed by atoms with Gasteiger partial charge in [-0.1, -0.05) is 13.3 Å². The Kier molecular flexibility index (Phi) is 5.08. The van der Waals surface area contributed by atoms with Crippen LogP contribution in [0, 0.1) is 11.3 Å². The SMILES string of the molecule is CN1CCC(C)(CNC(=O)NC2CCCC2C(=O)O)CC1. The predicted molar refractivity (Wildman–Crippen MR) is 80.1 cm³/mol. The second kappa shape index (κ2) is 6.64. The topological polar surface area (TPSA) is 81.7 Å². The summed E-state index contributed by atoms with van der Waals surface area (Å²) >= 11 is 0. The number of nitrogens with zero attached hydrogens (tertiary/aromatic N) is 1. The summed E-state index contributed by atoms with van der Waals surface area (Å²) in [4.78, 5) is 25.4. The molecule has 21 heavy (non-hydrogen) atoms. The minimum atomic E-state index is -0.805. The van der Waals surface area contributed by atoms with E-state index in [0.29, 0.717) is 13.0 Å². The van der Waals surface area contributed by atoms with Crippen LogP contribution in [0.2, 0.25) is 0 Å². The number of likely N-dealkylation sites (tertiary alicyclic amines) is 1. The quantitative estimate of drug-likeness (QED) is 0.730. The molecular weight excluding hydrogens is 270 g/mol. The summed E-state index contributed by atoms with van der Waals surface area (Å²) in [5, 5.41) is 14.9. The molecule has 1 aliphatic carbocycles. The predicted octanol–water partition coefficient (Wildman–Crippen LogP) is 1.27. The summed E-state index contributed by atoms with van der Waals surface area (Å²) < 4.78 is 0. The largest absolute Gasteiger partial charge is 0.481 e. The molecule has 1 saturated carbocycles. The molecule has 3 N–H and O–H groups in total. The van der Waals surface area contributed by atoms with Crippen molar-refractivity contribution in [2.45, 2.75) is 45.1 Å². The fourth-order valence-electron chi connectivity index (χ4n) is 3.28. The average molecular weight is 297 g/mol. The molecular formula is C15H27N3O3. The van der Waals surface area contributed by atoms with E-state index in [2.05, 4.69) is 29.5 Å². The van der Waals surface area contributed by atoms with Crippen LogP contribution in [-0.4, -0.2) is 54.7 Å². The maximum atomic E-state index is 12.0. The molecule has 0 bridgehead atoms. The van der Waals surface area contributed by atoms with Gasteiger partial charge in [-0.2, -0.15) is 0 Å². The molecule has 6 heteroatoms. The highest BCUT2D eigenvalue weighted by atomic mass is 16.4. The molecule has 0 radical (unpaired) electrons. The number of carbonyl (C=O) groups is 2. The second-order valence-electron chi connectivity index (χ2n) is 6.92. The van der Waals surface area contributed by atoms with Crippen molar-refractivity contribution in [1.82, 2.24) is 15.5 Å². The first kappa shape index (κ1) is 16.1. The number of nitrogens with one attached hydrogen (secondary N) is 2. The lowest BCUT2D eigenvalue weighted by atomic mass is 9.80. The number of amides is 2. The van der Waals surface area contributed by atoms with Gasteiger partial charge in [-0.15, -0.1) is 0 Å². The summed E-state index contributed by atoms with van der Waals surface area (Å²) in [6, 6.07) is -0.457. The molecule has 1 saturated heterocycles. The monoisotopic (exact) mass is 297 g/mol. The molecule has 0 spiro atoms. The van der Waals surface area contributed by atoms with E-state index in [1.165, 1.54) is 0 Å². The smallest absolute Gasteiger partial charge is 0.315 e. The zero-order valence-electron chi connectivity index (χ0n) is 13.0. The van der Waals surface area contributed by atoms with Crippen molar-refractivity contribution in [3.63, 3.8) is 0 Å². The molecule has 0 aromatic carbocycles. The van der Waals surface area contributed by atoms with Crippen molar-refractivity contribution in [1.29, 1.82) is 0 Å². The Morgan fingerprint density at radius 3 is 2.57 bits per heavy atom. The highest BCUT2D eigenvalue weighted by molar-refractivity contribution is 5.77. The summed E-state index contributed by atoms with van der Waals surface area (Å²) in [6.07, 6.45) is 4.43. The molecule has 6 nitrogen and oxygen atoms in total.